The van der Waals surface area contributed by atoms with Gasteiger partial charge in [-0.1, -0.05) is 6.07 Å². The minimum atomic E-state index is -0.296. The van der Waals surface area contributed by atoms with Crippen LogP contribution >= 0.6 is 11.3 Å². The summed E-state index contributed by atoms with van der Waals surface area (Å²) in [5, 5.41) is 13.6. The van der Waals surface area contributed by atoms with Crippen LogP contribution in [0.3, 0.4) is 0 Å². The summed E-state index contributed by atoms with van der Waals surface area (Å²) in [6.07, 6.45) is 4.93. The van der Waals surface area contributed by atoms with Gasteiger partial charge in [0, 0.05) is 38.3 Å². The Morgan fingerprint density at radius 3 is 2.90 bits per heavy atom. The Bertz CT molecular complexity index is 1060. The summed E-state index contributed by atoms with van der Waals surface area (Å²) >= 11 is 1.41. The van der Waals surface area contributed by atoms with Gasteiger partial charge in [0.15, 0.2) is 0 Å². The van der Waals surface area contributed by atoms with Crippen LogP contribution in [0.25, 0.3) is 0 Å². The van der Waals surface area contributed by atoms with Crippen molar-refractivity contribution in [2.75, 3.05) is 13.1 Å². The van der Waals surface area contributed by atoms with E-state index in [4.69, 9.17) is 0 Å². The molecule has 10 heteroatoms. The first-order valence-electron chi connectivity index (χ1n) is 9.57. The van der Waals surface area contributed by atoms with Crippen LogP contribution in [0.4, 0.5) is 0 Å². The molecule has 1 N–H and O–H groups in total. The van der Waals surface area contributed by atoms with Gasteiger partial charge in [0.1, 0.15) is 17.8 Å². The molecule has 0 saturated carbocycles. The minimum Gasteiger partial charge on any atom is -0.341 e. The van der Waals surface area contributed by atoms with Gasteiger partial charge in [-0.3, -0.25) is 14.3 Å². The molecule has 2 aliphatic rings. The number of nitrogens with zero attached hydrogens (tertiary/aromatic N) is 6. The lowest BCUT2D eigenvalue weighted by atomic mass is 9.74. The van der Waals surface area contributed by atoms with Gasteiger partial charge in [-0.25, -0.2) is 9.67 Å². The van der Waals surface area contributed by atoms with Crippen LogP contribution in [-0.4, -0.2) is 54.3 Å². The average Bonchev–Trinajstić information content (AvgIpc) is 3.51. The van der Waals surface area contributed by atoms with Crippen molar-refractivity contribution in [1.29, 1.82) is 0 Å². The molecule has 29 heavy (non-hydrogen) atoms. The number of nitrogens with one attached hydrogen (secondary N) is 1. The van der Waals surface area contributed by atoms with Crippen molar-refractivity contribution in [2.45, 2.75) is 25.4 Å². The molecule has 0 aliphatic carbocycles. The minimum absolute atomic E-state index is 0.0714. The molecule has 150 valence electrons. The van der Waals surface area contributed by atoms with Gasteiger partial charge < -0.3 is 10.2 Å². The summed E-state index contributed by atoms with van der Waals surface area (Å²) in [5.74, 6) is 0.571. The Labute approximate surface area is 171 Å². The smallest absolute Gasteiger partial charge is 0.274 e. The normalized spacial score (nSPS) is 23.3. The van der Waals surface area contributed by atoms with Crippen LogP contribution in [0.15, 0.2) is 36.1 Å². The number of likely N-dealkylation sites (tertiary alicyclic amines) is 1. The van der Waals surface area contributed by atoms with E-state index in [1.165, 1.54) is 17.7 Å². The predicted octanol–water partition coefficient (Wildman–Crippen LogP) is 1.48. The molecule has 5 heterocycles. The predicted molar refractivity (Wildman–Crippen MR) is 105 cm³/mol. The summed E-state index contributed by atoms with van der Waals surface area (Å²) < 4.78 is 3.49. The average molecular weight is 411 g/mol. The van der Waals surface area contributed by atoms with E-state index < -0.39 is 0 Å². The summed E-state index contributed by atoms with van der Waals surface area (Å²) in [5.41, 5.74) is 0.183. The number of hydrogen-bond acceptors (Lipinski definition) is 6. The molecule has 2 amide bonds. The first-order valence-corrected chi connectivity index (χ1v) is 10.4. The van der Waals surface area contributed by atoms with E-state index in [9.17, 15) is 9.59 Å². The Kier molecular flexibility index (Phi) is 4.23. The molecule has 0 bridgehead atoms. The fourth-order valence-electron chi connectivity index (χ4n) is 4.44. The number of thiophene rings is 1. The Balaban J connectivity index is 1.43. The molecule has 3 aromatic heterocycles. The Hall–Kier alpha value is -3.01. The lowest BCUT2D eigenvalue weighted by Crippen LogP contribution is -2.48. The molecule has 1 saturated heterocycles. The first kappa shape index (κ1) is 18.0. The van der Waals surface area contributed by atoms with Gasteiger partial charge in [-0.2, -0.15) is 10.2 Å². The van der Waals surface area contributed by atoms with Crippen molar-refractivity contribution in [3.8, 4) is 0 Å². The van der Waals surface area contributed by atoms with E-state index in [1.54, 1.807) is 24.0 Å². The largest absolute Gasteiger partial charge is 0.341 e. The highest BCUT2D eigenvalue weighted by Gasteiger charge is 2.51. The summed E-state index contributed by atoms with van der Waals surface area (Å²) in [6, 6.07) is 5.11. The van der Waals surface area contributed by atoms with Crippen molar-refractivity contribution in [3.05, 3.63) is 52.5 Å². The number of amides is 2. The number of hydrogen-bond donors (Lipinski definition) is 1. The molecule has 2 aliphatic heterocycles. The van der Waals surface area contributed by atoms with Gasteiger partial charge in [0.2, 0.25) is 0 Å². The van der Waals surface area contributed by atoms with Gasteiger partial charge in [0.25, 0.3) is 11.8 Å². The highest BCUT2D eigenvalue weighted by atomic mass is 32.1. The van der Waals surface area contributed by atoms with Crippen molar-refractivity contribution in [1.82, 2.24) is 34.8 Å². The molecular formula is C19H21N7O2S. The molecule has 1 spiro atoms. The SMILES string of the molecule is Cn1ccc(C(=O)N2CC[C@]3(CCn4ncnc4[C@@H]3NC(=O)c3cccs3)C2)n1. The van der Waals surface area contributed by atoms with Crippen molar-refractivity contribution < 1.29 is 9.59 Å². The molecule has 1 fully saturated rings. The lowest BCUT2D eigenvalue weighted by Gasteiger charge is -2.40. The molecule has 5 rings (SSSR count). The molecular weight excluding hydrogens is 390 g/mol. The van der Waals surface area contributed by atoms with E-state index >= 15 is 0 Å². The van der Waals surface area contributed by atoms with Crippen LogP contribution in [0.5, 0.6) is 0 Å². The highest BCUT2D eigenvalue weighted by Crippen LogP contribution is 2.47. The van der Waals surface area contributed by atoms with Crippen molar-refractivity contribution in [2.24, 2.45) is 12.5 Å². The maximum atomic E-state index is 12.9. The molecule has 9 nitrogen and oxygen atoms in total. The number of rotatable bonds is 3. The van der Waals surface area contributed by atoms with Crippen LogP contribution in [0.1, 0.15) is 44.9 Å². The molecule has 3 aromatic rings. The van der Waals surface area contributed by atoms with Crippen LogP contribution in [-0.2, 0) is 13.6 Å². The molecule has 2 atom stereocenters. The zero-order chi connectivity index (χ0) is 20.0. The zero-order valence-electron chi connectivity index (χ0n) is 16.0. The fourth-order valence-corrected chi connectivity index (χ4v) is 5.07. The second-order valence-electron chi connectivity index (χ2n) is 7.69. The van der Waals surface area contributed by atoms with Gasteiger partial charge in [0.05, 0.1) is 10.9 Å². The fraction of sp³-hybridized carbons (Fsp3) is 0.421. The Morgan fingerprint density at radius 1 is 1.28 bits per heavy atom. The third-order valence-electron chi connectivity index (χ3n) is 5.96. The summed E-state index contributed by atoms with van der Waals surface area (Å²) in [6.45, 7) is 1.92. The maximum absolute atomic E-state index is 12.9. The van der Waals surface area contributed by atoms with Gasteiger partial charge >= 0.3 is 0 Å². The summed E-state index contributed by atoms with van der Waals surface area (Å²) in [7, 11) is 1.80. The number of fused-ring (bicyclic) bond motifs is 1. The van der Waals surface area contributed by atoms with Gasteiger partial charge in [-0.05, 0) is 30.4 Å². The molecule has 0 aromatic carbocycles. The van der Waals surface area contributed by atoms with E-state index in [0.29, 0.717) is 23.7 Å². The standard InChI is InChI=1S/C19H21N7O2S/c1-24-7-4-13(23-24)18(28)25-8-5-19(11-25)6-9-26-16(20-12-21-26)15(19)22-17(27)14-3-2-10-29-14/h2-4,7,10,12,15H,5-6,8-9,11H2,1H3,(H,22,27)/t15-,19-/m0/s1. The third kappa shape index (κ3) is 3.03. The highest BCUT2D eigenvalue weighted by molar-refractivity contribution is 7.12. The quantitative estimate of drug-likeness (QED) is 0.704. The molecule has 0 unspecified atom stereocenters. The monoisotopic (exact) mass is 411 g/mol. The second-order valence-corrected chi connectivity index (χ2v) is 8.64. The number of aromatic nitrogens is 5. The Morgan fingerprint density at radius 2 is 2.14 bits per heavy atom. The van der Waals surface area contributed by atoms with E-state index in [-0.39, 0.29) is 23.3 Å². The topological polar surface area (TPSA) is 97.9 Å². The third-order valence-corrected chi connectivity index (χ3v) is 6.83. The van der Waals surface area contributed by atoms with Crippen LogP contribution < -0.4 is 5.32 Å². The van der Waals surface area contributed by atoms with Crippen LogP contribution in [0.2, 0.25) is 0 Å². The van der Waals surface area contributed by atoms with Gasteiger partial charge in [-0.15, -0.1) is 11.3 Å². The number of carbonyl (C=O) groups excluding carboxylic acids is 2. The second kappa shape index (κ2) is 6.80. The molecule has 0 radical (unpaired) electrons. The summed E-state index contributed by atoms with van der Waals surface area (Å²) in [4.78, 5) is 32.7. The van der Waals surface area contributed by atoms with Crippen LogP contribution in [0, 0.1) is 5.41 Å². The maximum Gasteiger partial charge on any atom is 0.274 e. The van der Waals surface area contributed by atoms with Crippen molar-refractivity contribution in [3.63, 3.8) is 0 Å². The number of aryl methyl sites for hydroxylation is 2. The van der Waals surface area contributed by atoms with E-state index in [1.807, 2.05) is 27.1 Å². The zero-order valence-corrected chi connectivity index (χ0v) is 16.8. The van der Waals surface area contributed by atoms with E-state index in [2.05, 4.69) is 20.5 Å². The van der Waals surface area contributed by atoms with Crippen molar-refractivity contribution >= 4 is 23.2 Å². The first-order chi connectivity index (χ1) is 14.1. The number of carbonyl (C=O) groups is 2. The van der Waals surface area contributed by atoms with E-state index in [0.717, 1.165) is 25.2 Å². The lowest BCUT2D eigenvalue weighted by molar-refractivity contribution is 0.0697.